The van der Waals surface area contributed by atoms with E-state index >= 15 is 0 Å². The molecule has 1 unspecified atom stereocenters. The minimum atomic E-state index is -0.482. The van der Waals surface area contributed by atoms with Gasteiger partial charge in [0.1, 0.15) is 11.6 Å². The number of hydrogen-bond acceptors (Lipinski definition) is 2. The van der Waals surface area contributed by atoms with Gasteiger partial charge in [-0.15, -0.1) is 0 Å². The zero-order valence-electron chi connectivity index (χ0n) is 12.5. The summed E-state index contributed by atoms with van der Waals surface area (Å²) >= 11 is 0. The van der Waals surface area contributed by atoms with E-state index in [1.54, 1.807) is 4.90 Å². The second-order valence-electron chi connectivity index (χ2n) is 6.43. The molecule has 0 radical (unpaired) electrons. The molecule has 1 fully saturated rings. The summed E-state index contributed by atoms with van der Waals surface area (Å²) in [6.45, 7) is 5.33. The Labute approximate surface area is 124 Å². The maximum Gasteiger partial charge on any atom is 0.222 e. The Morgan fingerprint density at radius 2 is 2.14 bits per heavy atom. The fourth-order valence-corrected chi connectivity index (χ4v) is 2.72. The normalized spacial score (nSPS) is 21.4. The molecule has 2 N–H and O–H groups in total. The van der Waals surface area contributed by atoms with Gasteiger partial charge in [0.05, 0.1) is 0 Å². The third kappa shape index (κ3) is 3.79. The zero-order chi connectivity index (χ0) is 15.6. The maximum absolute atomic E-state index is 13.5. The highest BCUT2D eigenvalue weighted by atomic mass is 19.1. The Morgan fingerprint density at radius 1 is 1.43 bits per heavy atom. The van der Waals surface area contributed by atoms with Crippen molar-refractivity contribution in [2.75, 3.05) is 13.1 Å². The third-order valence-electron chi connectivity index (χ3n) is 4.28. The van der Waals surface area contributed by atoms with Crippen LogP contribution in [0.25, 0.3) is 0 Å². The van der Waals surface area contributed by atoms with Crippen molar-refractivity contribution < 1.29 is 13.6 Å². The lowest BCUT2D eigenvalue weighted by Gasteiger charge is -2.42. The van der Waals surface area contributed by atoms with Gasteiger partial charge >= 0.3 is 0 Å². The van der Waals surface area contributed by atoms with E-state index in [1.165, 1.54) is 0 Å². The summed E-state index contributed by atoms with van der Waals surface area (Å²) in [6, 6.07) is 3.41. The van der Waals surface area contributed by atoms with Crippen LogP contribution in [0.2, 0.25) is 0 Å². The summed E-state index contributed by atoms with van der Waals surface area (Å²) in [6.07, 6.45) is 1.17. The summed E-state index contributed by atoms with van der Waals surface area (Å²) in [5.41, 5.74) is 6.18. The SMILES string of the molecule is CC1(C)CN(C(=O)CCc2cc(F)ccc2F)CCC1N. The average Bonchev–Trinajstić information content (AvgIpc) is 2.42. The van der Waals surface area contributed by atoms with Gasteiger partial charge in [-0.05, 0) is 42.0 Å². The van der Waals surface area contributed by atoms with Gasteiger partial charge in [0.25, 0.3) is 0 Å². The first-order chi connectivity index (χ1) is 9.79. The first-order valence-electron chi connectivity index (χ1n) is 7.27. The number of amides is 1. The Kier molecular flexibility index (Phi) is 4.61. The summed E-state index contributed by atoms with van der Waals surface area (Å²) < 4.78 is 26.6. The Bertz CT molecular complexity index is 531. The zero-order valence-corrected chi connectivity index (χ0v) is 12.5. The van der Waals surface area contributed by atoms with E-state index < -0.39 is 11.6 Å². The molecular weight excluding hydrogens is 274 g/mol. The number of likely N-dealkylation sites (tertiary alicyclic amines) is 1. The lowest BCUT2D eigenvalue weighted by molar-refractivity contribution is -0.134. The minimum Gasteiger partial charge on any atom is -0.342 e. The predicted octanol–water partition coefficient (Wildman–Crippen LogP) is 2.48. The van der Waals surface area contributed by atoms with Crippen LogP contribution in [-0.4, -0.2) is 29.9 Å². The van der Waals surface area contributed by atoms with Crippen LogP contribution in [0.3, 0.4) is 0 Å². The molecule has 116 valence electrons. The fraction of sp³-hybridized carbons (Fsp3) is 0.562. The molecular formula is C16H22F2N2O. The molecule has 1 atom stereocenters. The van der Waals surface area contributed by atoms with Crippen molar-refractivity contribution >= 4 is 5.91 Å². The highest BCUT2D eigenvalue weighted by Crippen LogP contribution is 2.28. The largest absolute Gasteiger partial charge is 0.342 e. The number of carbonyl (C=O) groups is 1. The summed E-state index contributed by atoms with van der Waals surface area (Å²) in [5, 5.41) is 0. The molecule has 21 heavy (non-hydrogen) atoms. The highest BCUT2D eigenvalue weighted by molar-refractivity contribution is 5.76. The van der Waals surface area contributed by atoms with E-state index in [0.29, 0.717) is 13.1 Å². The smallest absolute Gasteiger partial charge is 0.222 e. The molecule has 1 aromatic rings. The molecule has 0 bridgehead atoms. The Balaban J connectivity index is 1.95. The Morgan fingerprint density at radius 3 is 2.81 bits per heavy atom. The number of benzene rings is 1. The van der Waals surface area contributed by atoms with E-state index in [1.807, 2.05) is 13.8 Å². The lowest BCUT2D eigenvalue weighted by atomic mass is 9.79. The molecule has 2 rings (SSSR count). The van der Waals surface area contributed by atoms with E-state index in [2.05, 4.69) is 0 Å². The van der Waals surface area contributed by atoms with Crippen LogP contribution in [0, 0.1) is 17.0 Å². The van der Waals surface area contributed by atoms with Crippen LogP contribution < -0.4 is 5.73 Å². The lowest BCUT2D eigenvalue weighted by Crippen LogP contribution is -2.54. The summed E-state index contributed by atoms with van der Waals surface area (Å²) in [5.74, 6) is -0.979. The average molecular weight is 296 g/mol. The van der Waals surface area contributed by atoms with E-state index in [-0.39, 0.29) is 35.8 Å². The van der Waals surface area contributed by atoms with Crippen molar-refractivity contribution in [3.8, 4) is 0 Å². The van der Waals surface area contributed by atoms with E-state index in [0.717, 1.165) is 24.6 Å². The fourth-order valence-electron chi connectivity index (χ4n) is 2.72. The van der Waals surface area contributed by atoms with Crippen molar-refractivity contribution in [3.05, 3.63) is 35.4 Å². The monoisotopic (exact) mass is 296 g/mol. The van der Waals surface area contributed by atoms with Gasteiger partial charge < -0.3 is 10.6 Å². The topological polar surface area (TPSA) is 46.3 Å². The van der Waals surface area contributed by atoms with Crippen LogP contribution >= 0.6 is 0 Å². The third-order valence-corrected chi connectivity index (χ3v) is 4.28. The molecule has 1 saturated heterocycles. The van der Waals surface area contributed by atoms with Crippen molar-refractivity contribution in [2.24, 2.45) is 11.1 Å². The molecule has 0 spiro atoms. The molecule has 0 aliphatic carbocycles. The number of aryl methyl sites for hydroxylation is 1. The maximum atomic E-state index is 13.5. The predicted molar refractivity (Wildman–Crippen MR) is 77.6 cm³/mol. The molecule has 0 aromatic heterocycles. The standard InChI is InChI=1S/C16H22F2N2O/c1-16(2)10-20(8-7-14(16)19)15(21)6-3-11-9-12(17)4-5-13(11)18/h4-5,9,14H,3,6-8,10,19H2,1-2H3. The van der Waals surface area contributed by atoms with Crippen LogP contribution in [0.5, 0.6) is 0 Å². The van der Waals surface area contributed by atoms with Gasteiger partial charge in [0.2, 0.25) is 5.91 Å². The van der Waals surface area contributed by atoms with Gasteiger partial charge in [-0.1, -0.05) is 13.8 Å². The van der Waals surface area contributed by atoms with Crippen LogP contribution in [-0.2, 0) is 11.2 Å². The van der Waals surface area contributed by atoms with Gasteiger partial charge in [-0.25, -0.2) is 8.78 Å². The number of nitrogens with zero attached hydrogens (tertiary/aromatic N) is 1. The quantitative estimate of drug-likeness (QED) is 0.931. The van der Waals surface area contributed by atoms with Crippen molar-refractivity contribution in [2.45, 2.75) is 39.2 Å². The van der Waals surface area contributed by atoms with Crippen LogP contribution in [0.4, 0.5) is 8.78 Å². The second-order valence-corrected chi connectivity index (χ2v) is 6.43. The Hall–Kier alpha value is -1.49. The van der Waals surface area contributed by atoms with Crippen molar-refractivity contribution in [1.82, 2.24) is 4.90 Å². The highest BCUT2D eigenvalue weighted by Gasteiger charge is 2.35. The second kappa shape index (κ2) is 6.10. The first-order valence-corrected chi connectivity index (χ1v) is 7.27. The molecule has 1 heterocycles. The van der Waals surface area contributed by atoms with Gasteiger partial charge in [-0.2, -0.15) is 0 Å². The van der Waals surface area contributed by atoms with E-state index in [4.69, 9.17) is 5.73 Å². The van der Waals surface area contributed by atoms with Crippen molar-refractivity contribution in [1.29, 1.82) is 0 Å². The summed E-state index contributed by atoms with van der Waals surface area (Å²) in [7, 11) is 0. The number of rotatable bonds is 3. The van der Waals surface area contributed by atoms with Gasteiger partial charge in [0, 0.05) is 25.6 Å². The van der Waals surface area contributed by atoms with Crippen LogP contribution in [0.1, 0.15) is 32.3 Å². The van der Waals surface area contributed by atoms with Crippen molar-refractivity contribution in [3.63, 3.8) is 0 Å². The minimum absolute atomic E-state index is 0.0290. The number of nitrogens with two attached hydrogens (primary N) is 1. The number of piperidine rings is 1. The van der Waals surface area contributed by atoms with Crippen LogP contribution in [0.15, 0.2) is 18.2 Å². The number of carbonyl (C=O) groups excluding carboxylic acids is 1. The molecule has 5 heteroatoms. The van der Waals surface area contributed by atoms with Gasteiger partial charge in [-0.3, -0.25) is 4.79 Å². The number of hydrogen-bond donors (Lipinski definition) is 1. The molecule has 0 saturated carbocycles. The molecule has 3 nitrogen and oxygen atoms in total. The molecule has 1 amide bonds. The molecule has 1 aromatic carbocycles. The number of halogens is 2. The van der Waals surface area contributed by atoms with Gasteiger partial charge in [0.15, 0.2) is 0 Å². The van der Waals surface area contributed by atoms with E-state index in [9.17, 15) is 13.6 Å². The summed E-state index contributed by atoms with van der Waals surface area (Å²) in [4.78, 5) is 14.0. The first kappa shape index (κ1) is 15.9. The molecule has 1 aliphatic rings. The molecule has 1 aliphatic heterocycles.